The average molecular weight is 415 g/mol. The van der Waals surface area contributed by atoms with Gasteiger partial charge in [-0.15, -0.1) is 0 Å². The molecule has 1 saturated heterocycles. The first-order valence-electron chi connectivity index (χ1n) is 10.4. The first-order chi connectivity index (χ1) is 15.2. The first-order valence-corrected chi connectivity index (χ1v) is 10.4. The Balaban J connectivity index is 1.28. The van der Waals surface area contributed by atoms with E-state index in [2.05, 4.69) is 10.6 Å². The topological polar surface area (TPSA) is 70.7 Å². The van der Waals surface area contributed by atoms with Crippen LogP contribution in [0.4, 0.5) is 11.4 Å². The van der Waals surface area contributed by atoms with Gasteiger partial charge in [-0.1, -0.05) is 24.3 Å². The Morgan fingerprint density at radius 3 is 2.26 bits per heavy atom. The Morgan fingerprint density at radius 1 is 0.806 bits per heavy atom. The second-order valence-electron chi connectivity index (χ2n) is 7.42. The summed E-state index contributed by atoms with van der Waals surface area (Å²) < 4.78 is 5.80. The summed E-state index contributed by atoms with van der Waals surface area (Å²) >= 11 is 0. The number of hydrogen-bond donors (Lipinski definition) is 2. The van der Waals surface area contributed by atoms with Gasteiger partial charge in [0.1, 0.15) is 11.5 Å². The molecule has 0 atom stereocenters. The molecule has 1 aliphatic rings. The Bertz CT molecular complexity index is 1030. The average Bonchev–Trinajstić information content (AvgIpc) is 3.34. The molecule has 4 rings (SSSR count). The number of hydrogen-bond acceptors (Lipinski definition) is 4. The van der Waals surface area contributed by atoms with Crippen LogP contribution in [-0.2, 0) is 4.79 Å². The van der Waals surface area contributed by atoms with Gasteiger partial charge < -0.3 is 20.3 Å². The summed E-state index contributed by atoms with van der Waals surface area (Å²) in [4.78, 5) is 26.6. The molecular formula is C25H25N3O3. The van der Waals surface area contributed by atoms with Crippen molar-refractivity contribution >= 4 is 23.2 Å². The Hall–Kier alpha value is -3.80. The molecule has 0 spiro atoms. The molecule has 1 fully saturated rings. The summed E-state index contributed by atoms with van der Waals surface area (Å²) in [5.74, 6) is 1.28. The normalized spacial score (nSPS) is 13.0. The highest BCUT2D eigenvalue weighted by Gasteiger charge is 2.19. The number of nitrogens with zero attached hydrogens (tertiary/aromatic N) is 1. The second-order valence-corrected chi connectivity index (χ2v) is 7.42. The molecule has 6 heteroatoms. The minimum absolute atomic E-state index is 0.0689. The highest BCUT2D eigenvalue weighted by molar-refractivity contribution is 5.95. The zero-order chi connectivity index (χ0) is 21.5. The summed E-state index contributed by atoms with van der Waals surface area (Å²) in [5, 5.41) is 5.95. The van der Waals surface area contributed by atoms with Crippen LogP contribution in [0.15, 0.2) is 78.9 Å². The van der Waals surface area contributed by atoms with Crippen LogP contribution in [0.2, 0.25) is 0 Å². The number of benzene rings is 3. The third kappa shape index (κ3) is 5.63. The SMILES string of the molecule is O=C(CNc1ccc(C(=O)N2CCCC2)cc1)Nc1cccc(Oc2ccccc2)c1. The molecule has 3 aromatic rings. The van der Waals surface area contributed by atoms with E-state index in [1.807, 2.05) is 65.6 Å². The lowest BCUT2D eigenvalue weighted by molar-refractivity contribution is -0.114. The Morgan fingerprint density at radius 2 is 1.52 bits per heavy atom. The summed E-state index contributed by atoms with van der Waals surface area (Å²) in [6.07, 6.45) is 2.14. The molecule has 2 amide bonds. The van der Waals surface area contributed by atoms with Gasteiger partial charge in [0.25, 0.3) is 5.91 Å². The fourth-order valence-corrected chi connectivity index (χ4v) is 3.48. The van der Waals surface area contributed by atoms with E-state index in [1.54, 1.807) is 18.2 Å². The number of carbonyl (C=O) groups is 2. The molecule has 31 heavy (non-hydrogen) atoms. The molecule has 1 aliphatic heterocycles. The summed E-state index contributed by atoms with van der Waals surface area (Å²) in [5.41, 5.74) is 2.12. The molecule has 3 aromatic carbocycles. The molecule has 2 N–H and O–H groups in total. The third-order valence-electron chi connectivity index (χ3n) is 5.07. The Labute approximate surface area is 181 Å². The van der Waals surface area contributed by atoms with Crippen molar-refractivity contribution in [2.45, 2.75) is 12.8 Å². The van der Waals surface area contributed by atoms with Crippen molar-refractivity contribution in [2.24, 2.45) is 0 Å². The zero-order valence-electron chi connectivity index (χ0n) is 17.2. The molecule has 0 aliphatic carbocycles. The van der Waals surface area contributed by atoms with Gasteiger partial charge in [-0.3, -0.25) is 9.59 Å². The van der Waals surface area contributed by atoms with E-state index in [9.17, 15) is 9.59 Å². The number of para-hydroxylation sites is 1. The highest BCUT2D eigenvalue weighted by Crippen LogP contribution is 2.24. The zero-order valence-corrected chi connectivity index (χ0v) is 17.2. The predicted molar refractivity (Wildman–Crippen MR) is 122 cm³/mol. The van der Waals surface area contributed by atoms with Crippen molar-refractivity contribution in [1.29, 1.82) is 0 Å². The fourth-order valence-electron chi connectivity index (χ4n) is 3.48. The maximum Gasteiger partial charge on any atom is 0.253 e. The Kier molecular flexibility index (Phi) is 6.47. The number of carbonyl (C=O) groups excluding carboxylic acids is 2. The van der Waals surface area contributed by atoms with E-state index < -0.39 is 0 Å². The van der Waals surface area contributed by atoms with Crippen molar-refractivity contribution in [1.82, 2.24) is 4.90 Å². The molecule has 0 aromatic heterocycles. The second kappa shape index (κ2) is 9.80. The molecule has 0 bridgehead atoms. The lowest BCUT2D eigenvalue weighted by Crippen LogP contribution is -2.27. The van der Waals surface area contributed by atoms with Crippen LogP contribution in [-0.4, -0.2) is 36.3 Å². The molecular weight excluding hydrogens is 390 g/mol. The van der Waals surface area contributed by atoms with Gasteiger partial charge in [0.2, 0.25) is 5.91 Å². The summed E-state index contributed by atoms with van der Waals surface area (Å²) in [6.45, 7) is 1.77. The van der Waals surface area contributed by atoms with Crippen LogP contribution < -0.4 is 15.4 Å². The number of anilines is 2. The van der Waals surface area contributed by atoms with E-state index in [0.717, 1.165) is 37.4 Å². The van der Waals surface area contributed by atoms with Gasteiger partial charge in [-0.05, 0) is 61.4 Å². The van der Waals surface area contributed by atoms with Gasteiger partial charge in [-0.25, -0.2) is 0 Å². The van der Waals surface area contributed by atoms with Crippen molar-refractivity contribution in [3.8, 4) is 11.5 Å². The minimum Gasteiger partial charge on any atom is -0.457 e. The predicted octanol–water partition coefficient (Wildman–Crippen LogP) is 4.77. The van der Waals surface area contributed by atoms with Gasteiger partial charge in [-0.2, -0.15) is 0 Å². The maximum atomic E-state index is 12.4. The highest BCUT2D eigenvalue weighted by atomic mass is 16.5. The van der Waals surface area contributed by atoms with Gasteiger partial charge in [0, 0.05) is 36.1 Å². The lowest BCUT2D eigenvalue weighted by atomic mass is 10.2. The van der Waals surface area contributed by atoms with Crippen molar-refractivity contribution < 1.29 is 14.3 Å². The van der Waals surface area contributed by atoms with Gasteiger partial charge in [0.15, 0.2) is 0 Å². The van der Waals surface area contributed by atoms with E-state index in [4.69, 9.17) is 4.74 Å². The fraction of sp³-hybridized carbons (Fsp3) is 0.200. The van der Waals surface area contributed by atoms with Crippen LogP contribution in [0.25, 0.3) is 0 Å². The molecule has 158 valence electrons. The van der Waals surface area contributed by atoms with E-state index >= 15 is 0 Å². The van der Waals surface area contributed by atoms with Crippen LogP contribution >= 0.6 is 0 Å². The third-order valence-corrected chi connectivity index (χ3v) is 5.07. The van der Waals surface area contributed by atoms with Crippen LogP contribution in [0.5, 0.6) is 11.5 Å². The molecule has 1 heterocycles. The maximum absolute atomic E-state index is 12.4. The lowest BCUT2D eigenvalue weighted by Gasteiger charge is -2.15. The van der Waals surface area contributed by atoms with E-state index in [1.165, 1.54) is 0 Å². The molecule has 0 unspecified atom stereocenters. The minimum atomic E-state index is -0.172. The van der Waals surface area contributed by atoms with Crippen LogP contribution in [0.3, 0.4) is 0 Å². The number of ether oxygens (including phenoxy) is 1. The molecule has 0 radical (unpaired) electrons. The largest absolute Gasteiger partial charge is 0.457 e. The molecule has 6 nitrogen and oxygen atoms in total. The van der Waals surface area contributed by atoms with Gasteiger partial charge >= 0.3 is 0 Å². The van der Waals surface area contributed by atoms with E-state index in [-0.39, 0.29) is 18.4 Å². The number of nitrogens with one attached hydrogen (secondary N) is 2. The quantitative estimate of drug-likeness (QED) is 0.583. The monoisotopic (exact) mass is 415 g/mol. The van der Waals surface area contributed by atoms with Crippen molar-refractivity contribution in [2.75, 3.05) is 30.3 Å². The smallest absolute Gasteiger partial charge is 0.253 e. The standard InChI is InChI=1S/C25H25N3O3/c29-24(27-21-7-6-10-23(17-21)31-22-8-2-1-3-9-22)18-26-20-13-11-19(12-14-20)25(30)28-15-4-5-16-28/h1-3,6-14,17,26H,4-5,15-16,18H2,(H,27,29). The van der Waals surface area contributed by atoms with Gasteiger partial charge in [0.05, 0.1) is 6.54 Å². The van der Waals surface area contributed by atoms with Crippen molar-refractivity contribution in [3.63, 3.8) is 0 Å². The number of amides is 2. The van der Waals surface area contributed by atoms with Crippen molar-refractivity contribution in [3.05, 3.63) is 84.4 Å². The molecule has 0 saturated carbocycles. The van der Waals surface area contributed by atoms with Crippen LogP contribution in [0, 0.1) is 0 Å². The number of likely N-dealkylation sites (tertiary alicyclic amines) is 1. The summed E-state index contributed by atoms with van der Waals surface area (Å²) in [7, 11) is 0. The first kappa shape index (κ1) is 20.5. The van der Waals surface area contributed by atoms with E-state index in [0.29, 0.717) is 17.0 Å². The summed E-state index contributed by atoms with van der Waals surface area (Å²) in [6, 6.07) is 24.0. The van der Waals surface area contributed by atoms with Crippen LogP contribution in [0.1, 0.15) is 23.2 Å². The number of rotatable bonds is 7.